The normalized spacial score (nSPS) is 13.1. The van der Waals surface area contributed by atoms with Gasteiger partial charge in [0.25, 0.3) is 0 Å². The van der Waals surface area contributed by atoms with Gasteiger partial charge in [0.1, 0.15) is 0 Å². The van der Waals surface area contributed by atoms with Crippen LogP contribution in [0.15, 0.2) is 24.3 Å². The van der Waals surface area contributed by atoms with Gasteiger partial charge in [-0.05, 0) is 50.3 Å². The first-order chi connectivity index (χ1) is 7.59. The van der Waals surface area contributed by atoms with E-state index in [9.17, 15) is 0 Å². The minimum absolute atomic E-state index is 0.629. The van der Waals surface area contributed by atoms with E-state index >= 15 is 0 Å². The Morgan fingerprint density at radius 2 is 1.81 bits per heavy atom. The van der Waals surface area contributed by atoms with Crippen molar-refractivity contribution in [3.8, 4) is 0 Å². The van der Waals surface area contributed by atoms with E-state index in [1.54, 1.807) is 0 Å². The molecule has 0 aliphatic heterocycles. The summed E-state index contributed by atoms with van der Waals surface area (Å²) < 4.78 is 0. The topological polar surface area (TPSA) is 12.0 Å². The first-order valence-electron chi connectivity index (χ1n) is 6.37. The van der Waals surface area contributed by atoms with E-state index in [-0.39, 0.29) is 0 Å². The van der Waals surface area contributed by atoms with Gasteiger partial charge in [-0.15, -0.1) is 0 Å². The molecular weight excluding hydrogens is 194 g/mol. The van der Waals surface area contributed by atoms with Crippen LogP contribution in [0.25, 0.3) is 0 Å². The van der Waals surface area contributed by atoms with Gasteiger partial charge in [-0.1, -0.05) is 38.1 Å². The predicted octanol–water partition coefficient (Wildman–Crippen LogP) is 3.56. The van der Waals surface area contributed by atoms with Gasteiger partial charge in [-0.25, -0.2) is 0 Å². The van der Waals surface area contributed by atoms with Crippen molar-refractivity contribution in [3.63, 3.8) is 0 Å². The highest BCUT2D eigenvalue weighted by Crippen LogP contribution is 2.08. The molecule has 1 atom stereocenters. The third-order valence-electron chi connectivity index (χ3n) is 2.97. The molecule has 1 aromatic carbocycles. The highest BCUT2D eigenvalue weighted by molar-refractivity contribution is 5.25. The Morgan fingerprint density at radius 1 is 1.12 bits per heavy atom. The van der Waals surface area contributed by atoms with Crippen molar-refractivity contribution in [1.82, 2.24) is 5.32 Å². The predicted molar refractivity (Wildman–Crippen MR) is 71.8 cm³/mol. The molecule has 1 nitrogen and oxygen atoms in total. The summed E-state index contributed by atoms with van der Waals surface area (Å²) in [7, 11) is 0. The maximum absolute atomic E-state index is 3.59. The molecule has 1 rings (SSSR count). The van der Waals surface area contributed by atoms with Gasteiger partial charge in [0.05, 0.1) is 0 Å². The number of rotatable bonds is 6. The van der Waals surface area contributed by atoms with Gasteiger partial charge in [0.2, 0.25) is 0 Å². The maximum Gasteiger partial charge on any atom is 0.00412 e. The molecule has 1 heteroatoms. The second kappa shape index (κ2) is 6.70. The summed E-state index contributed by atoms with van der Waals surface area (Å²) >= 11 is 0. The Balaban J connectivity index is 2.28. The van der Waals surface area contributed by atoms with Gasteiger partial charge in [-0.2, -0.15) is 0 Å². The molecule has 16 heavy (non-hydrogen) atoms. The third-order valence-corrected chi connectivity index (χ3v) is 2.97. The van der Waals surface area contributed by atoms with Gasteiger partial charge in [-0.3, -0.25) is 0 Å². The summed E-state index contributed by atoms with van der Waals surface area (Å²) in [6.07, 6.45) is 2.39. The van der Waals surface area contributed by atoms with Crippen LogP contribution in [0.2, 0.25) is 0 Å². The zero-order chi connectivity index (χ0) is 12.0. The summed E-state index contributed by atoms with van der Waals surface area (Å²) in [6.45, 7) is 10.1. The Morgan fingerprint density at radius 3 is 2.44 bits per heavy atom. The van der Waals surface area contributed by atoms with E-state index < -0.39 is 0 Å². The summed E-state index contributed by atoms with van der Waals surface area (Å²) in [5, 5.41) is 3.59. The smallest absolute Gasteiger partial charge is 0.00412 e. The number of nitrogens with one attached hydrogen (secondary N) is 1. The molecule has 0 aliphatic carbocycles. The molecule has 0 saturated heterocycles. The lowest BCUT2D eigenvalue weighted by atomic mass is 10.0. The minimum Gasteiger partial charge on any atom is -0.314 e. The standard InChI is InChI=1S/C15H25N/c1-12(2)11-14(4)16-10-9-15-8-6-5-7-13(15)3/h5-8,12,14,16H,9-11H2,1-4H3. The Bertz CT molecular complexity index is 304. The van der Waals surface area contributed by atoms with Crippen LogP contribution in [0.1, 0.15) is 38.3 Å². The van der Waals surface area contributed by atoms with E-state index in [0.717, 1.165) is 18.9 Å². The highest BCUT2D eigenvalue weighted by Gasteiger charge is 2.04. The Labute approximate surface area is 100 Å². The molecule has 90 valence electrons. The molecule has 0 heterocycles. The van der Waals surface area contributed by atoms with Crippen LogP contribution in [0, 0.1) is 12.8 Å². The SMILES string of the molecule is Cc1ccccc1CCNC(C)CC(C)C. The second-order valence-corrected chi connectivity index (χ2v) is 5.16. The third kappa shape index (κ3) is 4.80. The first kappa shape index (κ1) is 13.2. The number of hydrogen-bond acceptors (Lipinski definition) is 1. The fourth-order valence-corrected chi connectivity index (χ4v) is 2.13. The fraction of sp³-hybridized carbons (Fsp3) is 0.600. The highest BCUT2D eigenvalue weighted by atomic mass is 14.9. The molecule has 0 saturated carbocycles. The van der Waals surface area contributed by atoms with E-state index in [1.165, 1.54) is 17.5 Å². The van der Waals surface area contributed by atoms with Crippen LogP contribution in [0.4, 0.5) is 0 Å². The van der Waals surface area contributed by atoms with Gasteiger partial charge in [0.15, 0.2) is 0 Å². The van der Waals surface area contributed by atoms with Crippen molar-refractivity contribution in [2.24, 2.45) is 5.92 Å². The van der Waals surface area contributed by atoms with Gasteiger partial charge < -0.3 is 5.32 Å². The van der Waals surface area contributed by atoms with Gasteiger partial charge in [0, 0.05) is 6.04 Å². The van der Waals surface area contributed by atoms with Crippen molar-refractivity contribution in [2.75, 3.05) is 6.54 Å². The molecule has 0 bridgehead atoms. The van der Waals surface area contributed by atoms with Crippen LogP contribution >= 0.6 is 0 Å². The zero-order valence-electron chi connectivity index (χ0n) is 11.1. The molecule has 1 aromatic rings. The lowest BCUT2D eigenvalue weighted by Gasteiger charge is -2.16. The van der Waals surface area contributed by atoms with Crippen molar-refractivity contribution in [1.29, 1.82) is 0 Å². The summed E-state index contributed by atoms with van der Waals surface area (Å²) in [5.74, 6) is 0.779. The molecule has 0 spiro atoms. The Kier molecular flexibility index (Phi) is 5.54. The first-order valence-corrected chi connectivity index (χ1v) is 6.37. The van der Waals surface area contributed by atoms with E-state index in [0.29, 0.717) is 6.04 Å². The number of aryl methyl sites for hydroxylation is 1. The number of benzene rings is 1. The summed E-state index contributed by atoms with van der Waals surface area (Å²) in [4.78, 5) is 0. The van der Waals surface area contributed by atoms with Crippen LogP contribution in [-0.4, -0.2) is 12.6 Å². The minimum atomic E-state index is 0.629. The van der Waals surface area contributed by atoms with Gasteiger partial charge >= 0.3 is 0 Å². The second-order valence-electron chi connectivity index (χ2n) is 5.16. The summed E-state index contributed by atoms with van der Waals surface area (Å²) in [6, 6.07) is 9.27. The maximum atomic E-state index is 3.59. The Hall–Kier alpha value is -0.820. The lowest BCUT2D eigenvalue weighted by molar-refractivity contribution is 0.444. The quantitative estimate of drug-likeness (QED) is 0.771. The lowest BCUT2D eigenvalue weighted by Crippen LogP contribution is -2.29. The fourth-order valence-electron chi connectivity index (χ4n) is 2.13. The van der Waals surface area contributed by atoms with Crippen LogP contribution in [0.5, 0.6) is 0 Å². The van der Waals surface area contributed by atoms with Crippen molar-refractivity contribution in [2.45, 2.75) is 46.6 Å². The van der Waals surface area contributed by atoms with Crippen LogP contribution in [0.3, 0.4) is 0 Å². The molecule has 0 fully saturated rings. The molecule has 0 aliphatic rings. The molecule has 0 amide bonds. The van der Waals surface area contributed by atoms with E-state index in [4.69, 9.17) is 0 Å². The number of hydrogen-bond donors (Lipinski definition) is 1. The molecular formula is C15H25N. The van der Waals surface area contributed by atoms with E-state index in [1.807, 2.05) is 0 Å². The summed E-state index contributed by atoms with van der Waals surface area (Å²) in [5.41, 5.74) is 2.87. The largest absolute Gasteiger partial charge is 0.314 e. The van der Waals surface area contributed by atoms with E-state index in [2.05, 4.69) is 57.3 Å². The van der Waals surface area contributed by atoms with Crippen molar-refractivity contribution in [3.05, 3.63) is 35.4 Å². The molecule has 1 N–H and O–H groups in total. The monoisotopic (exact) mass is 219 g/mol. The van der Waals surface area contributed by atoms with Crippen LogP contribution < -0.4 is 5.32 Å². The molecule has 0 radical (unpaired) electrons. The average Bonchev–Trinajstić information content (AvgIpc) is 2.19. The molecule has 1 unspecified atom stereocenters. The van der Waals surface area contributed by atoms with Crippen molar-refractivity contribution < 1.29 is 0 Å². The van der Waals surface area contributed by atoms with Crippen molar-refractivity contribution >= 4 is 0 Å². The molecule has 0 aromatic heterocycles. The van der Waals surface area contributed by atoms with Crippen LogP contribution in [-0.2, 0) is 6.42 Å². The average molecular weight is 219 g/mol. The zero-order valence-corrected chi connectivity index (χ0v) is 11.1.